The van der Waals surface area contributed by atoms with E-state index < -0.39 is 5.82 Å². The van der Waals surface area contributed by atoms with Crippen LogP contribution in [0.15, 0.2) is 115 Å². The Kier molecular flexibility index (Phi) is 27.9. The molecule has 5 aliphatic heterocycles. The van der Waals surface area contributed by atoms with Crippen molar-refractivity contribution in [2.45, 2.75) is 231 Å². The molecule has 0 saturated carbocycles. The number of aryl methyl sites for hydroxylation is 12. The Labute approximate surface area is 780 Å². The van der Waals surface area contributed by atoms with Gasteiger partial charge in [0, 0.05) is 111 Å². The number of nitrogens with zero attached hydrogens (tertiary/aromatic N) is 17. The molecule has 0 N–H and O–H groups in total. The molecule has 130 heavy (non-hydrogen) atoms. The Bertz CT molecular complexity index is 6520. The summed E-state index contributed by atoms with van der Waals surface area (Å²) in [7, 11) is 4.00. The van der Waals surface area contributed by atoms with E-state index in [0.717, 1.165) is 210 Å². The van der Waals surface area contributed by atoms with Gasteiger partial charge in [0.05, 0.1) is 86.9 Å². The lowest BCUT2D eigenvalue weighted by molar-refractivity contribution is 0.332. The summed E-state index contributed by atoms with van der Waals surface area (Å²) < 4.78 is 55.6. The van der Waals surface area contributed by atoms with Gasteiger partial charge in [-0.25, -0.2) is 33.1 Å². The number of piperidine rings is 4. The fourth-order valence-electron chi connectivity index (χ4n) is 20.9. The second kappa shape index (κ2) is 39.6. The summed E-state index contributed by atoms with van der Waals surface area (Å²) in [5, 5.41) is 11.0. The van der Waals surface area contributed by atoms with Gasteiger partial charge in [-0.2, -0.15) is 10.2 Å². The molecule has 0 radical (unpaired) electrons. The van der Waals surface area contributed by atoms with Gasteiger partial charge < -0.3 is 37.9 Å². The van der Waals surface area contributed by atoms with Crippen LogP contribution in [-0.4, -0.2) is 128 Å². The molecule has 5 fully saturated rings. The van der Waals surface area contributed by atoms with E-state index in [9.17, 15) is 13.2 Å². The summed E-state index contributed by atoms with van der Waals surface area (Å²) in [5.74, 6) is 3.52. The number of anilines is 4. The number of imidazole rings is 4. The minimum atomic E-state index is -0.396. The molecular weight excluding hydrogens is 1690 g/mol. The number of hydrogen-bond acceptors (Lipinski definition) is 11. The van der Waals surface area contributed by atoms with E-state index in [2.05, 4.69) is 161 Å². The molecule has 8 aromatic carbocycles. The topological polar surface area (TPSA) is 123 Å². The number of allylic oxidation sites excluding steroid dienone is 2. The largest absolute Gasteiger partial charge is 0.342 e. The Morgan fingerprint density at radius 2 is 0.792 bits per heavy atom. The van der Waals surface area contributed by atoms with Crippen molar-refractivity contribution in [3.63, 3.8) is 0 Å². The average Bonchev–Trinajstić information content (AvgIpc) is 1.60. The lowest BCUT2D eigenvalue weighted by atomic mass is 9.92. The van der Waals surface area contributed by atoms with E-state index in [1.54, 1.807) is 12.1 Å². The summed E-state index contributed by atoms with van der Waals surface area (Å²) >= 11 is 19.2. The van der Waals surface area contributed by atoms with Crippen molar-refractivity contribution in [1.29, 1.82) is 0 Å². The SMILES string of the molecule is Cc1cc(-c2c(C)c(C)cc3c2nc(N2CCCCC2)n3Cc2ccc(F)c(Cl)c2)n(C)n1.Cc1cc(-c2c(C)nn(C)c2C)c2nc(N3CCCCC3)n(Cc3ccc(C)c(Cl)c3)c2c1.Cc1cc(C2=CCCCC2)c2nc(N3CCCCC3)n(Cc3cc(C)c(F)c(C)c3)c2c1.Cc1cc(Cn2c(N3CCCCC3)nc3c(CN4CCCC4)cc(Cl)cc32)cc(C)c1F. The first-order valence-corrected chi connectivity index (χ1v) is 48.6. The zero-order chi connectivity index (χ0) is 91.0. The van der Waals surface area contributed by atoms with Gasteiger partial charge in [-0.1, -0.05) is 83.3 Å². The summed E-state index contributed by atoms with van der Waals surface area (Å²) in [6, 6.07) is 36.9. The van der Waals surface area contributed by atoms with Crippen LogP contribution < -0.4 is 19.6 Å². The van der Waals surface area contributed by atoms with Crippen LogP contribution in [0.5, 0.6) is 0 Å². The number of fused-ring (bicyclic) bond motifs is 4. The van der Waals surface area contributed by atoms with Crippen LogP contribution in [0.3, 0.4) is 0 Å². The molecule has 20 rings (SSSR count). The van der Waals surface area contributed by atoms with Crippen LogP contribution in [0.2, 0.25) is 15.1 Å². The summed E-state index contributed by atoms with van der Waals surface area (Å²) in [5.41, 5.74) is 33.7. The molecule has 1 aliphatic carbocycles. The molecule has 0 amide bonds. The first-order valence-electron chi connectivity index (χ1n) is 47.5. The Morgan fingerprint density at radius 3 is 1.25 bits per heavy atom. The highest BCUT2D eigenvalue weighted by Crippen LogP contribution is 2.43. The van der Waals surface area contributed by atoms with Crippen molar-refractivity contribution in [2.24, 2.45) is 14.1 Å². The van der Waals surface area contributed by atoms with Crippen LogP contribution in [0.1, 0.15) is 216 Å². The van der Waals surface area contributed by atoms with Crippen molar-refractivity contribution in [2.75, 3.05) is 85.0 Å². The summed E-state index contributed by atoms with van der Waals surface area (Å²) in [6.45, 7) is 38.5. The average molecular weight is 1810 g/mol. The second-order valence-electron chi connectivity index (χ2n) is 37.9. The second-order valence-corrected chi connectivity index (χ2v) is 39.1. The number of hydrogen-bond donors (Lipinski definition) is 0. The maximum absolute atomic E-state index is 14.3. The monoisotopic (exact) mass is 1810 g/mol. The van der Waals surface area contributed by atoms with Crippen LogP contribution >= 0.6 is 34.8 Å². The van der Waals surface area contributed by atoms with Crippen LogP contribution in [0, 0.1) is 101 Å². The van der Waals surface area contributed by atoms with Crippen LogP contribution in [-0.2, 0) is 46.8 Å². The predicted octanol–water partition coefficient (Wildman–Crippen LogP) is 25.7. The Hall–Kier alpha value is -10.4. The maximum Gasteiger partial charge on any atom is 0.206 e. The molecule has 14 aromatic rings. The highest BCUT2D eigenvalue weighted by molar-refractivity contribution is 6.32. The Balaban J connectivity index is 0.000000121. The molecule has 6 aliphatic rings. The number of aromatic nitrogens is 12. The van der Waals surface area contributed by atoms with Crippen molar-refractivity contribution in [3.05, 3.63) is 248 Å². The van der Waals surface area contributed by atoms with Crippen molar-refractivity contribution in [1.82, 2.24) is 62.7 Å². The molecule has 5 saturated heterocycles. The molecule has 0 unspecified atom stereocenters. The normalized spacial score (nSPS) is 15.9. The first kappa shape index (κ1) is 91.5. The third-order valence-corrected chi connectivity index (χ3v) is 28.7. The van der Waals surface area contributed by atoms with E-state index >= 15 is 0 Å². The molecule has 17 nitrogen and oxygen atoms in total. The molecular formula is C107H127Cl3F3N17. The van der Waals surface area contributed by atoms with Crippen LogP contribution in [0.4, 0.5) is 37.0 Å². The smallest absolute Gasteiger partial charge is 0.206 e. The molecule has 11 heterocycles. The fourth-order valence-corrected chi connectivity index (χ4v) is 21.5. The molecule has 6 aromatic heterocycles. The third-order valence-electron chi connectivity index (χ3n) is 27.8. The zero-order valence-corrected chi connectivity index (χ0v) is 80.9. The molecule has 682 valence electrons. The minimum absolute atomic E-state index is 0.0946. The van der Waals surface area contributed by atoms with Crippen molar-refractivity contribution >= 4 is 108 Å². The number of likely N-dealkylation sites (tertiary alicyclic amines) is 1. The van der Waals surface area contributed by atoms with Crippen molar-refractivity contribution in [3.8, 4) is 22.4 Å². The summed E-state index contributed by atoms with van der Waals surface area (Å²) in [4.78, 5) is 33.3. The van der Waals surface area contributed by atoms with Gasteiger partial charge in [-0.15, -0.1) is 0 Å². The number of benzene rings is 8. The fraction of sp³-hybridized carbons (Fsp3) is 0.439. The van der Waals surface area contributed by atoms with E-state index in [1.165, 1.54) is 175 Å². The number of rotatable bonds is 17. The van der Waals surface area contributed by atoms with Gasteiger partial charge in [0.25, 0.3) is 0 Å². The zero-order valence-electron chi connectivity index (χ0n) is 78.7. The number of halogens is 6. The van der Waals surface area contributed by atoms with Gasteiger partial charge in [0.1, 0.15) is 23.0 Å². The third kappa shape index (κ3) is 19.5. The molecule has 0 bridgehead atoms. The van der Waals surface area contributed by atoms with Gasteiger partial charge in [0.2, 0.25) is 23.8 Å². The van der Waals surface area contributed by atoms with Gasteiger partial charge in [0.15, 0.2) is 0 Å². The Morgan fingerprint density at radius 1 is 0.354 bits per heavy atom. The van der Waals surface area contributed by atoms with E-state index in [-0.39, 0.29) is 16.7 Å². The quantitative estimate of drug-likeness (QED) is 0.0866. The van der Waals surface area contributed by atoms with E-state index in [4.69, 9.17) is 54.7 Å². The van der Waals surface area contributed by atoms with E-state index in [0.29, 0.717) is 41.9 Å². The van der Waals surface area contributed by atoms with Gasteiger partial charge in [-0.3, -0.25) is 14.3 Å². The van der Waals surface area contributed by atoms with Crippen molar-refractivity contribution < 1.29 is 13.2 Å². The van der Waals surface area contributed by atoms with Gasteiger partial charge >= 0.3 is 0 Å². The lowest BCUT2D eigenvalue weighted by Crippen LogP contribution is -2.32. The highest BCUT2D eigenvalue weighted by Gasteiger charge is 2.31. The highest BCUT2D eigenvalue weighted by atomic mass is 35.5. The minimum Gasteiger partial charge on any atom is -0.342 e. The molecule has 0 spiro atoms. The van der Waals surface area contributed by atoms with E-state index in [1.807, 2.05) is 95.3 Å². The maximum atomic E-state index is 14.3. The predicted molar refractivity (Wildman–Crippen MR) is 532 cm³/mol. The molecule has 23 heteroatoms. The first-order chi connectivity index (χ1) is 62.7. The standard InChI is InChI=1S/C28H34FN3.C27H32ClN5.C26H29ClFN5.C26H32ClFN4/c1-19-14-24(23-10-6-4-7-11-23)27-25(15-19)32(28(30-27)31-12-8-5-9-13-31)18-22-16-20(2)26(29)21(3)17-22;1-17-13-22(25-19(3)30-31(5)20(25)4)26-24(14-17)33(16-21-10-9-18(2)23(28)15-21)27(29-26)32-11-7-6-8-12-32;1-16-12-23-25(24(18(16)3)22-13-17(2)30-31(22)4)29-26(32-10-6-5-7-11-32)33(23)15-19-8-9-21(28)20(27)14-19;1-18-12-20(13-19(2)24(18)28)16-32-23-15-22(27)14-21(17-30-8-6-7-9-30)25(23)29-26(32)31-10-4-3-5-11-31/h10,14-17H,4-9,11-13,18H2,1-3H3;9-10,13-15H,6-8,11-12,16H2,1-5H3;8-9,12-14H,5-7,10-11,15H2,1-4H3;12-15H,3-11,16-17H2,1-2H3. The summed E-state index contributed by atoms with van der Waals surface area (Å²) in [6.07, 6.45) is 24.5. The molecule has 0 atom stereocenters. The lowest BCUT2D eigenvalue weighted by Gasteiger charge is -2.28. The van der Waals surface area contributed by atoms with Crippen LogP contribution in [0.25, 0.3) is 72.1 Å². The van der Waals surface area contributed by atoms with Gasteiger partial charge in [-0.05, 0) is 362 Å².